The van der Waals surface area contributed by atoms with Crippen molar-refractivity contribution in [1.82, 2.24) is 10.0 Å². The summed E-state index contributed by atoms with van der Waals surface area (Å²) in [7, 11) is -3.24. The maximum absolute atomic E-state index is 12.0. The third kappa shape index (κ3) is 4.81. The largest absolute Gasteiger partial charge is 0.316 e. The van der Waals surface area contributed by atoms with E-state index in [1.54, 1.807) is 0 Å². The van der Waals surface area contributed by atoms with Gasteiger partial charge in [-0.25, -0.2) is 13.1 Å². The van der Waals surface area contributed by atoms with Crippen LogP contribution in [0.3, 0.4) is 0 Å². The monoisotopic (exact) mass is 306 g/mol. The van der Waals surface area contributed by atoms with Crippen LogP contribution in [0.15, 0.2) is 42.5 Å². The summed E-state index contributed by atoms with van der Waals surface area (Å²) in [5.74, 6) is 0.109. The number of benzene rings is 2. The zero-order valence-electron chi connectivity index (χ0n) is 12.3. The van der Waals surface area contributed by atoms with E-state index < -0.39 is 10.0 Å². The highest BCUT2D eigenvalue weighted by Crippen LogP contribution is 2.18. The Morgan fingerprint density at radius 2 is 1.76 bits per heavy atom. The Morgan fingerprint density at radius 3 is 2.57 bits per heavy atom. The first-order valence-electron chi connectivity index (χ1n) is 7.27. The molecule has 0 heterocycles. The zero-order chi connectivity index (χ0) is 15.1. The summed E-state index contributed by atoms with van der Waals surface area (Å²) < 4.78 is 26.6. The van der Waals surface area contributed by atoms with Crippen LogP contribution >= 0.6 is 0 Å². The van der Waals surface area contributed by atoms with E-state index in [2.05, 4.69) is 17.0 Å². The van der Waals surface area contributed by atoms with Crippen molar-refractivity contribution in [3.05, 3.63) is 48.0 Å². The number of hydrogen-bond donors (Lipinski definition) is 2. The number of sulfonamides is 1. The minimum absolute atomic E-state index is 0.109. The minimum atomic E-state index is -3.24. The van der Waals surface area contributed by atoms with Crippen LogP contribution in [-0.2, 0) is 16.6 Å². The highest BCUT2D eigenvalue weighted by molar-refractivity contribution is 7.89. The molecule has 2 N–H and O–H groups in total. The molecule has 0 aliphatic heterocycles. The first-order chi connectivity index (χ1) is 10.1. The zero-order valence-corrected chi connectivity index (χ0v) is 13.1. The van der Waals surface area contributed by atoms with Crippen LogP contribution in [0.1, 0.15) is 18.9 Å². The summed E-state index contributed by atoms with van der Waals surface area (Å²) >= 11 is 0. The van der Waals surface area contributed by atoms with Gasteiger partial charge in [0.05, 0.1) is 5.75 Å². The van der Waals surface area contributed by atoms with Gasteiger partial charge in [0.15, 0.2) is 0 Å². The molecule has 0 aromatic heterocycles. The SMILES string of the molecule is CCCNCCS(=O)(=O)NCc1cccc2ccccc12. The molecule has 0 spiro atoms. The Hall–Kier alpha value is -1.43. The molecule has 21 heavy (non-hydrogen) atoms. The van der Waals surface area contributed by atoms with E-state index >= 15 is 0 Å². The maximum atomic E-state index is 12.0. The normalized spacial score (nSPS) is 11.9. The van der Waals surface area contributed by atoms with Crippen LogP contribution in [0.5, 0.6) is 0 Å². The predicted molar refractivity (Wildman–Crippen MR) is 87.7 cm³/mol. The lowest BCUT2D eigenvalue weighted by Crippen LogP contribution is -2.31. The van der Waals surface area contributed by atoms with E-state index in [0.717, 1.165) is 29.3 Å². The van der Waals surface area contributed by atoms with Gasteiger partial charge in [-0.15, -0.1) is 0 Å². The van der Waals surface area contributed by atoms with E-state index in [4.69, 9.17) is 0 Å². The van der Waals surface area contributed by atoms with Gasteiger partial charge < -0.3 is 5.32 Å². The van der Waals surface area contributed by atoms with Crippen LogP contribution in [0.2, 0.25) is 0 Å². The van der Waals surface area contributed by atoms with Gasteiger partial charge in [-0.1, -0.05) is 49.4 Å². The van der Waals surface area contributed by atoms with Crippen LogP contribution in [-0.4, -0.2) is 27.3 Å². The van der Waals surface area contributed by atoms with Gasteiger partial charge in [0.25, 0.3) is 0 Å². The van der Waals surface area contributed by atoms with Crippen molar-refractivity contribution in [3.8, 4) is 0 Å². The molecule has 0 radical (unpaired) electrons. The number of hydrogen-bond acceptors (Lipinski definition) is 3. The van der Waals surface area contributed by atoms with E-state index in [9.17, 15) is 8.42 Å². The quantitative estimate of drug-likeness (QED) is 0.736. The second kappa shape index (κ2) is 7.54. The van der Waals surface area contributed by atoms with Crippen molar-refractivity contribution >= 4 is 20.8 Å². The summed E-state index contributed by atoms with van der Waals surface area (Å²) in [6.45, 7) is 3.72. The van der Waals surface area contributed by atoms with Crippen molar-refractivity contribution in [2.45, 2.75) is 19.9 Å². The fraction of sp³-hybridized carbons (Fsp3) is 0.375. The summed E-state index contributed by atoms with van der Waals surface area (Å²) in [6, 6.07) is 13.9. The Labute approximate surface area is 126 Å². The Balaban J connectivity index is 1.98. The van der Waals surface area contributed by atoms with Gasteiger partial charge in [-0.2, -0.15) is 0 Å². The van der Waals surface area contributed by atoms with Crippen LogP contribution < -0.4 is 10.0 Å². The molecule has 0 fully saturated rings. The fourth-order valence-electron chi connectivity index (χ4n) is 2.21. The highest BCUT2D eigenvalue weighted by atomic mass is 32.2. The van der Waals surface area contributed by atoms with Gasteiger partial charge in [0, 0.05) is 13.1 Å². The topological polar surface area (TPSA) is 58.2 Å². The van der Waals surface area contributed by atoms with E-state index in [1.807, 2.05) is 42.5 Å². The summed E-state index contributed by atoms with van der Waals surface area (Å²) in [4.78, 5) is 0. The van der Waals surface area contributed by atoms with E-state index in [0.29, 0.717) is 13.1 Å². The molecule has 0 bridgehead atoms. The van der Waals surface area contributed by atoms with E-state index in [1.165, 1.54) is 0 Å². The molecule has 0 saturated carbocycles. The lowest BCUT2D eigenvalue weighted by atomic mass is 10.1. The van der Waals surface area contributed by atoms with Crippen molar-refractivity contribution in [2.75, 3.05) is 18.8 Å². The molecule has 5 heteroatoms. The number of rotatable bonds is 8. The lowest BCUT2D eigenvalue weighted by molar-refractivity contribution is 0.576. The van der Waals surface area contributed by atoms with Crippen molar-refractivity contribution in [3.63, 3.8) is 0 Å². The van der Waals surface area contributed by atoms with Gasteiger partial charge in [-0.3, -0.25) is 0 Å². The smallest absolute Gasteiger partial charge is 0.213 e. The van der Waals surface area contributed by atoms with Crippen LogP contribution in [0, 0.1) is 0 Å². The Morgan fingerprint density at radius 1 is 1.00 bits per heavy atom. The average Bonchev–Trinajstić information content (AvgIpc) is 2.50. The molecule has 0 saturated heterocycles. The summed E-state index contributed by atoms with van der Waals surface area (Å²) in [5, 5.41) is 5.31. The molecule has 4 nitrogen and oxygen atoms in total. The molecule has 0 amide bonds. The third-order valence-electron chi connectivity index (χ3n) is 3.34. The second-order valence-corrected chi connectivity index (χ2v) is 6.95. The number of nitrogens with one attached hydrogen (secondary N) is 2. The van der Waals surface area contributed by atoms with E-state index in [-0.39, 0.29) is 5.75 Å². The maximum Gasteiger partial charge on any atom is 0.213 e. The van der Waals surface area contributed by atoms with Gasteiger partial charge >= 0.3 is 0 Å². The first kappa shape index (κ1) is 15.9. The molecule has 114 valence electrons. The third-order valence-corrected chi connectivity index (χ3v) is 4.66. The van der Waals surface area contributed by atoms with Gasteiger partial charge in [-0.05, 0) is 29.3 Å². The minimum Gasteiger partial charge on any atom is -0.316 e. The van der Waals surface area contributed by atoms with Gasteiger partial charge in [0.2, 0.25) is 10.0 Å². The van der Waals surface area contributed by atoms with Crippen molar-refractivity contribution in [1.29, 1.82) is 0 Å². The number of fused-ring (bicyclic) bond motifs is 1. The summed E-state index contributed by atoms with van der Waals surface area (Å²) in [6.07, 6.45) is 1.00. The van der Waals surface area contributed by atoms with Crippen molar-refractivity contribution in [2.24, 2.45) is 0 Å². The highest BCUT2D eigenvalue weighted by Gasteiger charge is 2.10. The Bertz CT molecular complexity index is 678. The molecule has 0 unspecified atom stereocenters. The second-order valence-electron chi connectivity index (χ2n) is 5.03. The Kier molecular flexibility index (Phi) is 5.73. The van der Waals surface area contributed by atoms with Gasteiger partial charge in [0.1, 0.15) is 0 Å². The molecular formula is C16H22N2O2S. The first-order valence-corrected chi connectivity index (χ1v) is 8.92. The molecule has 2 rings (SSSR count). The molecular weight excluding hydrogens is 284 g/mol. The molecule has 0 aliphatic carbocycles. The van der Waals surface area contributed by atoms with Crippen LogP contribution in [0.4, 0.5) is 0 Å². The lowest BCUT2D eigenvalue weighted by Gasteiger charge is -2.09. The average molecular weight is 306 g/mol. The van der Waals surface area contributed by atoms with Crippen molar-refractivity contribution < 1.29 is 8.42 Å². The summed E-state index contributed by atoms with van der Waals surface area (Å²) in [5.41, 5.74) is 0.998. The standard InChI is InChI=1S/C16H22N2O2S/c1-2-10-17-11-12-21(19,20)18-13-15-8-5-7-14-6-3-4-9-16(14)15/h3-9,17-18H,2,10-13H2,1H3. The molecule has 0 aliphatic rings. The fourth-order valence-corrected chi connectivity index (χ4v) is 3.15. The molecule has 2 aromatic rings. The molecule has 2 aromatic carbocycles. The van der Waals surface area contributed by atoms with Crippen LogP contribution in [0.25, 0.3) is 10.8 Å². The molecule has 0 atom stereocenters. The predicted octanol–water partition coefficient (Wildman–Crippen LogP) is 2.26.